The predicted molar refractivity (Wildman–Crippen MR) is 213 cm³/mol. The van der Waals surface area contributed by atoms with Gasteiger partial charge in [0.15, 0.2) is 0 Å². The highest BCUT2D eigenvalue weighted by Crippen LogP contribution is 2.46. The molecule has 4 bridgehead atoms. The molecule has 1 aromatic carbocycles. The van der Waals surface area contributed by atoms with Gasteiger partial charge in [-0.25, -0.2) is 18.2 Å². The molecule has 15 nitrogen and oxygen atoms in total. The van der Waals surface area contributed by atoms with Crippen molar-refractivity contribution >= 4 is 44.7 Å². The molecule has 3 N–H and O–H groups in total. The van der Waals surface area contributed by atoms with Gasteiger partial charge < -0.3 is 34.5 Å². The number of sulfonamides is 1. The van der Waals surface area contributed by atoms with Crippen molar-refractivity contribution in [2.75, 3.05) is 20.3 Å². The molecule has 4 saturated carbocycles. The molecule has 2 aromatic rings. The van der Waals surface area contributed by atoms with Crippen LogP contribution in [-0.2, 0) is 35.6 Å². The van der Waals surface area contributed by atoms with E-state index in [1.165, 1.54) is 11.0 Å². The van der Waals surface area contributed by atoms with Crippen LogP contribution in [0.5, 0.6) is 17.4 Å². The van der Waals surface area contributed by atoms with E-state index in [1.807, 2.05) is 19.1 Å². The minimum atomic E-state index is -3.90. The second-order valence-corrected chi connectivity index (χ2v) is 18.9. The van der Waals surface area contributed by atoms with Crippen LogP contribution in [0.1, 0.15) is 96.0 Å². The molecule has 4 amide bonds. The molecule has 6 aliphatic rings. The molecule has 3 heterocycles. The lowest BCUT2D eigenvalue weighted by atomic mass is 9.95. The zero-order chi connectivity index (χ0) is 40.8. The lowest BCUT2D eigenvalue weighted by Gasteiger charge is -2.32. The van der Waals surface area contributed by atoms with Crippen molar-refractivity contribution in [3.63, 3.8) is 0 Å². The summed E-state index contributed by atoms with van der Waals surface area (Å²) in [6, 6.07) is 3.54. The van der Waals surface area contributed by atoms with Gasteiger partial charge in [-0.3, -0.25) is 19.1 Å². The van der Waals surface area contributed by atoms with E-state index in [9.17, 15) is 27.6 Å². The number of aryl methyl sites for hydroxylation is 1. The van der Waals surface area contributed by atoms with Crippen LogP contribution in [-0.4, -0.2) is 97.5 Å². The average molecular weight is 822 g/mol. The second-order valence-electron chi connectivity index (χ2n) is 16.9. The molecule has 58 heavy (non-hydrogen) atoms. The van der Waals surface area contributed by atoms with Crippen LogP contribution in [0.4, 0.5) is 4.79 Å². The topological polar surface area (TPSA) is 192 Å². The normalized spacial score (nSPS) is 30.3. The Balaban J connectivity index is 1.16. The Morgan fingerprint density at radius 3 is 2.50 bits per heavy atom. The molecule has 0 spiro atoms. The number of aromatic nitrogens is 1. The van der Waals surface area contributed by atoms with Gasteiger partial charge in [0, 0.05) is 29.9 Å². The number of benzene rings is 1. The van der Waals surface area contributed by atoms with Crippen molar-refractivity contribution in [3.05, 3.63) is 36.4 Å². The summed E-state index contributed by atoms with van der Waals surface area (Å²) >= 11 is 0. The van der Waals surface area contributed by atoms with Gasteiger partial charge in [0.05, 0.1) is 31.0 Å². The third-order valence-electron chi connectivity index (χ3n) is 13.1. The molecule has 314 valence electrons. The number of methoxy groups -OCH3 is 1. The number of hydrogen-bond acceptors (Lipinski definition) is 11. The number of nitrogens with zero attached hydrogens (tertiary/aromatic N) is 2. The largest absolute Gasteiger partial charge is 0.496 e. The fourth-order valence-electron chi connectivity index (χ4n) is 9.71. The molecule has 7 atom stereocenters. The molecule has 8 rings (SSSR count). The number of fused-ring (bicyclic) bond motifs is 4. The first-order valence-corrected chi connectivity index (χ1v) is 22.6. The highest BCUT2D eigenvalue weighted by atomic mass is 32.2. The maximum Gasteiger partial charge on any atom is 0.408 e. The first kappa shape index (κ1) is 40.2. The molecular formula is C42H55N5O10S. The summed E-state index contributed by atoms with van der Waals surface area (Å²) in [4.78, 5) is 63.0. The van der Waals surface area contributed by atoms with E-state index in [4.69, 9.17) is 23.9 Å². The standard InChI is InChI=1S/C42H55N5O10S/c1-4-27-22-42(27,40(50)46-58(52,53)29-16-17-29)45-38(48)32-19-28-23-47(32)39(49)37(25-10-6-7-11-25)44-41(51)57-33-15-9-13-24(33)12-8-14-26-18-30-31(20-34(26)54-3)43-36(55-5-2)21-35(30)56-28/h4,18,20-21,24-25,27-29,32-33,37H,1,5-17,19,22-23H2,2-3H3,(H,44,51)(H,45,48)(H,46,50)/t24-,27+,28-,32+,33+,37+,42-/m1/s1. The molecular weight excluding hydrogens is 767 g/mol. The monoisotopic (exact) mass is 821 g/mol. The first-order chi connectivity index (χ1) is 27.9. The predicted octanol–water partition coefficient (Wildman–Crippen LogP) is 4.45. The number of rotatable bonds is 10. The van der Waals surface area contributed by atoms with Crippen LogP contribution in [0, 0.1) is 17.8 Å². The third kappa shape index (κ3) is 8.04. The molecule has 16 heteroatoms. The summed E-state index contributed by atoms with van der Waals surface area (Å²) < 4.78 is 52.4. The highest BCUT2D eigenvalue weighted by molar-refractivity contribution is 7.91. The van der Waals surface area contributed by atoms with Gasteiger partial charge in [0.2, 0.25) is 27.7 Å². The number of amides is 4. The van der Waals surface area contributed by atoms with Crippen LogP contribution in [0.3, 0.4) is 0 Å². The van der Waals surface area contributed by atoms with Crippen molar-refractivity contribution in [3.8, 4) is 17.4 Å². The van der Waals surface area contributed by atoms with Gasteiger partial charge in [-0.05, 0) is 101 Å². The molecule has 1 saturated heterocycles. The molecule has 5 fully saturated rings. The summed E-state index contributed by atoms with van der Waals surface area (Å²) in [5.74, 6) is -0.908. The van der Waals surface area contributed by atoms with Gasteiger partial charge in [0.25, 0.3) is 5.91 Å². The Bertz CT molecular complexity index is 2070. The minimum Gasteiger partial charge on any atom is -0.496 e. The number of ether oxygens (including phenoxy) is 4. The van der Waals surface area contributed by atoms with Gasteiger partial charge in [-0.15, -0.1) is 6.58 Å². The quantitative estimate of drug-likeness (QED) is 0.287. The average Bonchev–Trinajstić information content (AvgIpc) is 3.99. The Kier molecular flexibility index (Phi) is 11.2. The molecule has 1 aromatic heterocycles. The van der Waals surface area contributed by atoms with Crippen molar-refractivity contribution in [1.82, 2.24) is 25.2 Å². The maximum atomic E-state index is 14.9. The van der Waals surface area contributed by atoms with E-state index in [0.717, 1.165) is 68.7 Å². The Labute approximate surface area is 339 Å². The zero-order valence-corrected chi connectivity index (χ0v) is 34.2. The van der Waals surface area contributed by atoms with Crippen LogP contribution in [0.15, 0.2) is 30.9 Å². The van der Waals surface area contributed by atoms with Crippen LogP contribution >= 0.6 is 0 Å². The summed E-state index contributed by atoms with van der Waals surface area (Å²) in [6.07, 6.45) is 9.30. The van der Waals surface area contributed by atoms with Gasteiger partial charge in [-0.1, -0.05) is 18.9 Å². The van der Waals surface area contributed by atoms with Gasteiger partial charge in [0.1, 0.15) is 41.3 Å². The number of hydrogen-bond donors (Lipinski definition) is 3. The Morgan fingerprint density at radius 1 is 1.03 bits per heavy atom. The van der Waals surface area contributed by atoms with Crippen LogP contribution in [0.2, 0.25) is 0 Å². The molecule has 0 radical (unpaired) electrons. The van der Waals surface area contributed by atoms with E-state index < -0.39 is 68.7 Å². The lowest BCUT2D eigenvalue weighted by Crippen LogP contribution is -2.59. The van der Waals surface area contributed by atoms with E-state index in [-0.39, 0.29) is 37.3 Å². The number of alkyl carbamates (subject to hydrolysis) is 1. The van der Waals surface area contributed by atoms with Crippen molar-refractivity contribution in [2.45, 2.75) is 132 Å². The second kappa shape index (κ2) is 16.2. The highest BCUT2D eigenvalue weighted by Gasteiger charge is 2.62. The number of pyridine rings is 1. The number of nitrogens with one attached hydrogen (secondary N) is 3. The zero-order valence-electron chi connectivity index (χ0n) is 33.3. The molecule has 0 unspecified atom stereocenters. The van der Waals surface area contributed by atoms with E-state index >= 15 is 0 Å². The summed E-state index contributed by atoms with van der Waals surface area (Å²) in [5, 5.41) is 5.90. The van der Waals surface area contributed by atoms with E-state index in [2.05, 4.69) is 21.9 Å². The lowest BCUT2D eigenvalue weighted by molar-refractivity contribution is -0.142. The Hall–Kier alpha value is -4.60. The fraction of sp³-hybridized carbons (Fsp3) is 0.643. The van der Waals surface area contributed by atoms with Gasteiger partial charge >= 0.3 is 6.09 Å². The van der Waals surface area contributed by atoms with Gasteiger partial charge in [-0.2, -0.15) is 0 Å². The first-order valence-electron chi connectivity index (χ1n) is 21.0. The summed E-state index contributed by atoms with van der Waals surface area (Å²) in [5.41, 5.74) is 0.0190. The molecule has 4 aliphatic carbocycles. The van der Waals surface area contributed by atoms with Crippen LogP contribution in [0.25, 0.3) is 10.9 Å². The minimum absolute atomic E-state index is 0.00148. The smallest absolute Gasteiger partial charge is 0.408 e. The summed E-state index contributed by atoms with van der Waals surface area (Å²) in [7, 11) is -2.28. The third-order valence-corrected chi connectivity index (χ3v) is 14.9. The van der Waals surface area contributed by atoms with Crippen LogP contribution < -0.4 is 29.6 Å². The molecule has 2 aliphatic heterocycles. The number of carbonyl (C=O) groups excluding carboxylic acids is 4. The van der Waals surface area contributed by atoms with Crippen molar-refractivity contribution < 1.29 is 46.5 Å². The summed E-state index contributed by atoms with van der Waals surface area (Å²) in [6.45, 7) is 6.04. The fourth-order valence-corrected chi connectivity index (χ4v) is 11.1. The maximum absolute atomic E-state index is 14.9. The van der Waals surface area contributed by atoms with Crippen molar-refractivity contribution in [2.24, 2.45) is 17.8 Å². The SMILES string of the molecule is C=C[C@H]1C[C@]1(NC(=O)[C@@H]1C[C@@H]2CN1C(=O)[C@H](C1CCCC1)NC(=O)O[C@H]1CCC[C@H]1CCCc1cc3c(cc(OCC)nc3cc1OC)O2)C(=O)NS(=O)(=O)C1CC1. The number of carbonyl (C=O) groups is 4. The van der Waals surface area contributed by atoms with E-state index in [1.54, 1.807) is 13.2 Å². The van der Waals surface area contributed by atoms with Crippen molar-refractivity contribution in [1.29, 1.82) is 0 Å². The van der Waals surface area contributed by atoms with E-state index in [0.29, 0.717) is 48.8 Å². The Morgan fingerprint density at radius 2 is 1.79 bits per heavy atom.